The van der Waals surface area contributed by atoms with Crippen molar-refractivity contribution in [1.82, 2.24) is 4.90 Å². The standard InChI is InChI=1S/C9H20N2O2/c1-8-6-11(3-4-13-8)7-9(5-10)12-2/h8-9H,3-7,10H2,1-2H3. The van der Waals surface area contributed by atoms with E-state index in [1.165, 1.54) is 0 Å². The molecule has 0 aromatic heterocycles. The molecule has 4 nitrogen and oxygen atoms in total. The number of nitrogens with zero attached hydrogens (tertiary/aromatic N) is 1. The van der Waals surface area contributed by atoms with Crippen molar-refractivity contribution in [2.24, 2.45) is 5.73 Å². The van der Waals surface area contributed by atoms with Gasteiger partial charge in [0.15, 0.2) is 0 Å². The molecule has 78 valence electrons. The van der Waals surface area contributed by atoms with Crippen molar-refractivity contribution in [1.29, 1.82) is 0 Å². The topological polar surface area (TPSA) is 47.7 Å². The molecule has 13 heavy (non-hydrogen) atoms. The highest BCUT2D eigenvalue weighted by Crippen LogP contribution is 2.05. The predicted molar refractivity (Wildman–Crippen MR) is 51.7 cm³/mol. The third-order valence-electron chi connectivity index (χ3n) is 2.38. The van der Waals surface area contributed by atoms with E-state index in [2.05, 4.69) is 11.8 Å². The number of methoxy groups -OCH3 is 1. The molecule has 0 saturated carbocycles. The van der Waals surface area contributed by atoms with Gasteiger partial charge in [-0.15, -0.1) is 0 Å². The molecule has 2 N–H and O–H groups in total. The maximum Gasteiger partial charge on any atom is 0.0820 e. The van der Waals surface area contributed by atoms with Gasteiger partial charge in [-0.25, -0.2) is 0 Å². The average Bonchev–Trinajstić information content (AvgIpc) is 2.14. The summed E-state index contributed by atoms with van der Waals surface area (Å²) in [5, 5.41) is 0. The summed E-state index contributed by atoms with van der Waals surface area (Å²) in [7, 11) is 1.71. The Morgan fingerprint density at radius 1 is 1.69 bits per heavy atom. The van der Waals surface area contributed by atoms with E-state index in [0.29, 0.717) is 12.6 Å². The maximum atomic E-state index is 5.55. The summed E-state index contributed by atoms with van der Waals surface area (Å²) < 4.78 is 10.7. The van der Waals surface area contributed by atoms with E-state index in [4.69, 9.17) is 15.2 Å². The van der Waals surface area contributed by atoms with Gasteiger partial charge in [-0.3, -0.25) is 4.90 Å². The summed E-state index contributed by atoms with van der Waals surface area (Å²) in [4.78, 5) is 2.34. The SMILES string of the molecule is COC(CN)CN1CCOC(C)C1. The molecule has 0 amide bonds. The fourth-order valence-electron chi connectivity index (χ4n) is 1.59. The van der Waals surface area contributed by atoms with Gasteiger partial charge in [0.1, 0.15) is 0 Å². The van der Waals surface area contributed by atoms with Crippen LogP contribution in [0, 0.1) is 0 Å². The maximum absolute atomic E-state index is 5.55. The van der Waals surface area contributed by atoms with E-state index >= 15 is 0 Å². The van der Waals surface area contributed by atoms with E-state index in [1.807, 2.05) is 0 Å². The molecule has 2 atom stereocenters. The number of ether oxygens (including phenoxy) is 2. The van der Waals surface area contributed by atoms with Gasteiger partial charge in [0.05, 0.1) is 18.8 Å². The average molecular weight is 188 g/mol. The molecule has 4 heteroatoms. The third-order valence-corrected chi connectivity index (χ3v) is 2.38. The Kier molecular flexibility index (Phi) is 4.66. The zero-order chi connectivity index (χ0) is 9.68. The second-order valence-corrected chi connectivity index (χ2v) is 3.53. The van der Waals surface area contributed by atoms with Crippen LogP contribution in [0.3, 0.4) is 0 Å². The van der Waals surface area contributed by atoms with Gasteiger partial charge < -0.3 is 15.2 Å². The fourth-order valence-corrected chi connectivity index (χ4v) is 1.59. The van der Waals surface area contributed by atoms with E-state index in [0.717, 1.165) is 26.2 Å². The molecule has 2 unspecified atom stereocenters. The van der Waals surface area contributed by atoms with Crippen molar-refractivity contribution < 1.29 is 9.47 Å². The molecule has 1 saturated heterocycles. The smallest absolute Gasteiger partial charge is 0.0820 e. The van der Waals surface area contributed by atoms with Gasteiger partial charge in [-0.05, 0) is 6.92 Å². The van der Waals surface area contributed by atoms with Crippen molar-refractivity contribution in [3.8, 4) is 0 Å². The van der Waals surface area contributed by atoms with Crippen LogP contribution in [0.5, 0.6) is 0 Å². The van der Waals surface area contributed by atoms with E-state index in [-0.39, 0.29) is 6.10 Å². The molecule has 1 fully saturated rings. The summed E-state index contributed by atoms with van der Waals surface area (Å²) in [6, 6.07) is 0. The first-order chi connectivity index (χ1) is 6.26. The second-order valence-electron chi connectivity index (χ2n) is 3.53. The van der Waals surface area contributed by atoms with Gasteiger partial charge in [0.25, 0.3) is 0 Å². The Bertz CT molecular complexity index is 140. The van der Waals surface area contributed by atoms with Crippen molar-refractivity contribution in [2.45, 2.75) is 19.1 Å². The second kappa shape index (κ2) is 5.54. The summed E-state index contributed by atoms with van der Waals surface area (Å²) in [5.74, 6) is 0. The molecule has 1 heterocycles. The van der Waals surface area contributed by atoms with Crippen LogP contribution in [0.25, 0.3) is 0 Å². The highest BCUT2D eigenvalue weighted by molar-refractivity contribution is 4.72. The summed E-state index contributed by atoms with van der Waals surface area (Å²) in [6.45, 7) is 6.39. The molecule has 1 aliphatic heterocycles. The van der Waals surface area contributed by atoms with Crippen LogP contribution in [0.4, 0.5) is 0 Å². The summed E-state index contributed by atoms with van der Waals surface area (Å²) in [6.07, 6.45) is 0.495. The first-order valence-corrected chi connectivity index (χ1v) is 4.83. The first kappa shape index (κ1) is 10.9. The molecular formula is C9H20N2O2. The van der Waals surface area contributed by atoms with Crippen LogP contribution >= 0.6 is 0 Å². The molecule has 0 aliphatic carbocycles. The van der Waals surface area contributed by atoms with E-state index in [1.54, 1.807) is 7.11 Å². The van der Waals surface area contributed by atoms with Crippen LogP contribution in [-0.2, 0) is 9.47 Å². The number of nitrogens with two attached hydrogens (primary N) is 1. The molecule has 0 aromatic rings. The van der Waals surface area contributed by atoms with Crippen LogP contribution < -0.4 is 5.73 Å². The normalized spacial score (nSPS) is 27.5. The number of morpholine rings is 1. The van der Waals surface area contributed by atoms with Crippen LogP contribution in [0.15, 0.2) is 0 Å². The quantitative estimate of drug-likeness (QED) is 0.657. The zero-order valence-electron chi connectivity index (χ0n) is 8.53. The lowest BCUT2D eigenvalue weighted by Gasteiger charge is -2.32. The Labute approximate surface area is 80.0 Å². The molecule has 0 radical (unpaired) electrons. The van der Waals surface area contributed by atoms with Gasteiger partial charge in [-0.1, -0.05) is 0 Å². The van der Waals surface area contributed by atoms with Crippen molar-refractivity contribution in [3.05, 3.63) is 0 Å². The summed E-state index contributed by atoms with van der Waals surface area (Å²) in [5.41, 5.74) is 5.55. The van der Waals surface area contributed by atoms with E-state index in [9.17, 15) is 0 Å². The third kappa shape index (κ3) is 3.60. The molecule has 0 spiro atoms. The number of hydrogen-bond donors (Lipinski definition) is 1. The van der Waals surface area contributed by atoms with Crippen LogP contribution in [0.2, 0.25) is 0 Å². The Balaban J connectivity index is 2.26. The molecular weight excluding hydrogens is 168 g/mol. The molecule has 0 bridgehead atoms. The highest BCUT2D eigenvalue weighted by atomic mass is 16.5. The van der Waals surface area contributed by atoms with Crippen LogP contribution in [0.1, 0.15) is 6.92 Å². The van der Waals surface area contributed by atoms with Gasteiger partial charge in [0, 0.05) is 33.3 Å². The predicted octanol–water partition coefficient (Wildman–Crippen LogP) is -0.319. The zero-order valence-corrected chi connectivity index (χ0v) is 8.53. The highest BCUT2D eigenvalue weighted by Gasteiger charge is 2.19. The monoisotopic (exact) mass is 188 g/mol. The lowest BCUT2D eigenvalue weighted by molar-refractivity contribution is -0.0357. The van der Waals surface area contributed by atoms with Gasteiger partial charge in [-0.2, -0.15) is 0 Å². The van der Waals surface area contributed by atoms with E-state index < -0.39 is 0 Å². The van der Waals surface area contributed by atoms with Gasteiger partial charge >= 0.3 is 0 Å². The lowest BCUT2D eigenvalue weighted by Crippen LogP contribution is -2.46. The van der Waals surface area contributed by atoms with Crippen molar-refractivity contribution in [2.75, 3.05) is 39.9 Å². The minimum atomic E-state index is 0.158. The number of hydrogen-bond acceptors (Lipinski definition) is 4. The Hall–Kier alpha value is -0.160. The molecule has 1 aliphatic rings. The largest absolute Gasteiger partial charge is 0.379 e. The lowest BCUT2D eigenvalue weighted by atomic mass is 10.2. The Morgan fingerprint density at radius 2 is 2.46 bits per heavy atom. The first-order valence-electron chi connectivity index (χ1n) is 4.83. The Morgan fingerprint density at radius 3 is 3.00 bits per heavy atom. The number of rotatable bonds is 4. The summed E-state index contributed by atoms with van der Waals surface area (Å²) >= 11 is 0. The van der Waals surface area contributed by atoms with Crippen molar-refractivity contribution >= 4 is 0 Å². The molecule has 0 aromatic carbocycles. The van der Waals surface area contributed by atoms with Crippen LogP contribution in [-0.4, -0.2) is 57.0 Å². The van der Waals surface area contributed by atoms with Gasteiger partial charge in [0.2, 0.25) is 0 Å². The minimum absolute atomic E-state index is 0.158. The fraction of sp³-hybridized carbons (Fsp3) is 1.00. The molecule has 1 rings (SSSR count). The van der Waals surface area contributed by atoms with Crippen molar-refractivity contribution in [3.63, 3.8) is 0 Å². The minimum Gasteiger partial charge on any atom is -0.379 e.